The molecule has 1 fully saturated rings. The molecule has 7 nitrogen and oxygen atoms in total. The molecular weight excluding hydrogens is 318 g/mol. The normalized spacial score (nSPS) is 24.5. The average molecular weight is 341 g/mol. The van der Waals surface area contributed by atoms with Crippen molar-refractivity contribution in [1.82, 2.24) is 15.7 Å². The standard InChI is InChI=1S/C13H12N4O2.C5H11N/c1-7-13(18)16-15-12-6-19-11-4-8-2-3-14-9(8)5-10(11)17(7)12;1-5-2-3-6-4-5/h2-5,7,14H,6H2,1H3,(H,16,18);5-6H,2-4H2,1H3. The van der Waals surface area contributed by atoms with E-state index in [0.717, 1.165) is 34.1 Å². The minimum absolute atomic E-state index is 0.108. The highest BCUT2D eigenvalue weighted by Gasteiger charge is 2.35. The number of hydrogen-bond acceptors (Lipinski definition) is 5. The van der Waals surface area contributed by atoms with E-state index < -0.39 is 0 Å². The number of carbonyl (C=O) groups is 1. The molecule has 0 saturated carbocycles. The fourth-order valence-corrected chi connectivity index (χ4v) is 3.37. The highest BCUT2D eigenvalue weighted by molar-refractivity contribution is 6.10. The average Bonchev–Trinajstić information content (AvgIpc) is 3.27. The number of fused-ring (bicyclic) bond motifs is 4. The molecule has 1 saturated heterocycles. The first kappa shape index (κ1) is 16.0. The Bertz CT molecular complexity index is 822. The quantitative estimate of drug-likeness (QED) is 0.683. The van der Waals surface area contributed by atoms with Crippen molar-refractivity contribution in [1.29, 1.82) is 0 Å². The Balaban J connectivity index is 0.000000223. The molecule has 1 aromatic heterocycles. The molecular formula is C18H23N5O2. The SMILES string of the molecule is CC1C(=O)NN=C2COc3cc4cc[nH]c4cc3N21.CC1CCNC1. The maximum Gasteiger partial charge on any atom is 0.262 e. The van der Waals surface area contributed by atoms with Crippen molar-refractivity contribution >= 4 is 28.3 Å². The number of hydrazone groups is 1. The number of nitrogens with zero attached hydrogens (tertiary/aromatic N) is 2. The lowest BCUT2D eigenvalue weighted by Crippen LogP contribution is -2.55. The van der Waals surface area contributed by atoms with Crippen LogP contribution in [0.1, 0.15) is 20.3 Å². The lowest BCUT2D eigenvalue weighted by atomic mass is 10.1. The predicted molar refractivity (Wildman–Crippen MR) is 98.0 cm³/mol. The Morgan fingerprint density at radius 1 is 1.32 bits per heavy atom. The Morgan fingerprint density at radius 3 is 2.92 bits per heavy atom. The molecule has 0 bridgehead atoms. The van der Waals surface area contributed by atoms with Gasteiger partial charge in [0.2, 0.25) is 0 Å². The van der Waals surface area contributed by atoms with Crippen LogP contribution < -0.4 is 20.4 Å². The Labute approximate surface area is 146 Å². The molecule has 7 heteroatoms. The van der Waals surface area contributed by atoms with Gasteiger partial charge in [0.1, 0.15) is 18.4 Å². The second-order valence-corrected chi connectivity index (χ2v) is 6.82. The fourth-order valence-electron chi connectivity index (χ4n) is 3.37. The van der Waals surface area contributed by atoms with Gasteiger partial charge in [-0.1, -0.05) is 6.92 Å². The van der Waals surface area contributed by atoms with E-state index >= 15 is 0 Å². The van der Waals surface area contributed by atoms with Gasteiger partial charge in [-0.15, -0.1) is 0 Å². The van der Waals surface area contributed by atoms with Crippen LogP contribution in [0.3, 0.4) is 0 Å². The van der Waals surface area contributed by atoms with Crippen molar-refractivity contribution in [3.8, 4) is 5.75 Å². The summed E-state index contributed by atoms with van der Waals surface area (Å²) >= 11 is 0. The van der Waals surface area contributed by atoms with Crippen molar-refractivity contribution in [2.75, 3.05) is 24.6 Å². The van der Waals surface area contributed by atoms with E-state index in [1.54, 1.807) is 0 Å². The summed E-state index contributed by atoms with van der Waals surface area (Å²) in [6.07, 6.45) is 3.26. The van der Waals surface area contributed by atoms with Crippen LogP contribution in [0.25, 0.3) is 10.9 Å². The van der Waals surface area contributed by atoms with E-state index in [0.29, 0.717) is 6.61 Å². The Hall–Kier alpha value is -2.54. The van der Waals surface area contributed by atoms with Gasteiger partial charge in [-0.3, -0.25) is 4.79 Å². The number of anilines is 1. The summed E-state index contributed by atoms with van der Waals surface area (Å²) in [5.74, 6) is 2.34. The van der Waals surface area contributed by atoms with Gasteiger partial charge in [0.25, 0.3) is 5.91 Å². The summed E-state index contributed by atoms with van der Waals surface area (Å²) in [7, 11) is 0. The minimum Gasteiger partial charge on any atom is -0.483 e. The van der Waals surface area contributed by atoms with Crippen molar-refractivity contribution < 1.29 is 9.53 Å². The minimum atomic E-state index is -0.289. The first-order valence-electron chi connectivity index (χ1n) is 8.74. The molecule has 25 heavy (non-hydrogen) atoms. The van der Waals surface area contributed by atoms with Gasteiger partial charge in [0, 0.05) is 17.1 Å². The number of hydrogen-bond donors (Lipinski definition) is 3. The van der Waals surface area contributed by atoms with Gasteiger partial charge in [-0.2, -0.15) is 5.10 Å². The molecule has 1 amide bonds. The predicted octanol–water partition coefficient (Wildman–Crippen LogP) is 1.81. The molecule has 0 radical (unpaired) electrons. The zero-order valence-electron chi connectivity index (χ0n) is 14.5. The van der Waals surface area contributed by atoms with Gasteiger partial charge >= 0.3 is 0 Å². The largest absolute Gasteiger partial charge is 0.483 e. The monoisotopic (exact) mass is 341 g/mol. The van der Waals surface area contributed by atoms with Crippen molar-refractivity contribution in [3.05, 3.63) is 24.4 Å². The number of benzene rings is 1. The molecule has 0 aliphatic carbocycles. The van der Waals surface area contributed by atoms with E-state index in [1.165, 1.54) is 19.5 Å². The molecule has 5 rings (SSSR count). The van der Waals surface area contributed by atoms with E-state index in [2.05, 4.69) is 27.8 Å². The zero-order chi connectivity index (χ0) is 17.4. The van der Waals surface area contributed by atoms with E-state index in [4.69, 9.17) is 4.74 Å². The summed E-state index contributed by atoms with van der Waals surface area (Å²) in [5, 5.41) is 8.42. The smallest absolute Gasteiger partial charge is 0.262 e. The number of ether oxygens (including phenoxy) is 1. The molecule has 1 aromatic carbocycles. The van der Waals surface area contributed by atoms with Crippen LogP contribution in [0.5, 0.6) is 5.75 Å². The number of amides is 1. The maximum atomic E-state index is 11.8. The third kappa shape index (κ3) is 2.95. The first-order chi connectivity index (χ1) is 12.1. The summed E-state index contributed by atoms with van der Waals surface area (Å²) in [4.78, 5) is 16.9. The Kier molecular flexibility index (Phi) is 4.09. The summed E-state index contributed by atoms with van der Waals surface area (Å²) in [6.45, 7) is 6.98. The molecule has 3 N–H and O–H groups in total. The number of nitrogens with one attached hydrogen (secondary N) is 3. The first-order valence-corrected chi connectivity index (χ1v) is 8.74. The lowest BCUT2D eigenvalue weighted by molar-refractivity contribution is -0.122. The van der Waals surface area contributed by atoms with Crippen molar-refractivity contribution in [2.45, 2.75) is 26.3 Å². The molecule has 3 aliphatic rings. The number of H-pyrrole nitrogens is 1. The van der Waals surface area contributed by atoms with Gasteiger partial charge in [-0.05, 0) is 50.6 Å². The maximum absolute atomic E-state index is 11.8. The van der Waals surface area contributed by atoms with Gasteiger partial charge in [0.15, 0.2) is 5.84 Å². The van der Waals surface area contributed by atoms with Crippen LogP contribution in [0.2, 0.25) is 0 Å². The zero-order valence-corrected chi connectivity index (χ0v) is 14.5. The summed E-state index contributed by atoms with van der Waals surface area (Å²) < 4.78 is 5.72. The van der Waals surface area contributed by atoms with Crippen LogP contribution in [-0.2, 0) is 4.79 Å². The number of amidine groups is 1. The molecule has 2 aromatic rings. The number of carbonyl (C=O) groups excluding carboxylic acids is 1. The van der Waals surface area contributed by atoms with Crippen LogP contribution in [0, 0.1) is 5.92 Å². The summed E-state index contributed by atoms with van der Waals surface area (Å²) in [6, 6.07) is 5.68. The van der Waals surface area contributed by atoms with Gasteiger partial charge in [-0.25, -0.2) is 5.43 Å². The molecule has 132 valence electrons. The molecule has 4 heterocycles. The Morgan fingerprint density at radius 2 is 2.20 bits per heavy atom. The van der Waals surface area contributed by atoms with Crippen LogP contribution in [0.15, 0.2) is 29.5 Å². The lowest BCUT2D eigenvalue weighted by Gasteiger charge is -2.38. The van der Waals surface area contributed by atoms with Gasteiger partial charge < -0.3 is 19.9 Å². The molecule has 2 unspecified atom stereocenters. The van der Waals surface area contributed by atoms with Gasteiger partial charge in [0.05, 0.1) is 5.69 Å². The number of aromatic amines is 1. The van der Waals surface area contributed by atoms with E-state index in [-0.39, 0.29) is 11.9 Å². The highest BCUT2D eigenvalue weighted by Crippen LogP contribution is 2.37. The van der Waals surface area contributed by atoms with E-state index in [9.17, 15) is 4.79 Å². The molecule has 3 aliphatic heterocycles. The van der Waals surface area contributed by atoms with Crippen LogP contribution >= 0.6 is 0 Å². The topological polar surface area (TPSA) is 81.7 Å². The number of aromatic nitrogens is 1. The van der Waals surface area contributed by atoms with Crippen LogP contribution in [0.4, 0.5) is 5.69 Å². The summed E-state index contributed by atoms with van der Waals surface area (Å²) in [5.41, 5.74) is 4.41. The van der Waals surface area contributed by atoms with Crippen molar-refractivity contribution in [2.24, 2.45) is 11.0 Å². The third-order valence-corrected chi connectivity index (χ3v) is 4.90. The molecule has 2 atom stereocenters. The number of rotatable bonds is 0. The fraction of sp³-hybridized carbons (Fsp3) is 0.444. The second kappa shape index (κ2) is 6.40. The van der Waals surface area contributed by atoms with Crippen LogP contribution in [-0.4, -0.2) is 42.5 Å². The van der Waals surface area contributed by atoms with E-state index in [1.807, 2.05) is 36.2 Å². The van der Waals surface area contributed by atoms with Crippen molar-refractivity contribution in [3.63, 3.8) is 0 Å². The second-order valence-electron chi connectivity index (χ2n) is 6.82. The molecule has 0 spiro atoms. The third-order valence-electron chi connectivity index (χ3n) is 4.90. The highest BCUT2D eigenvalue weighted by atomic mass is 16.5.